The lowest BCUT2D eigenvalue weighted by atomic mass is 9.96. The first-order valence-electron chi connectivity index (χ1n) is 11.0. The van der Waals surface area contributed by atoms with Crippen LogP contribution in [0.25, 0.3) is 10.9 Å². The molecule has 1 N–H and O–H groups in total. The van der Waals surface area contributed by atoms with Crippen LogP contribution in [0.2, 0.25) is 0 Å². The maximum absolute atomic E-state index is 13.3. The molecule has 9 nitrogen and oxygen atoms in total. The number of nitrogens with zero attached hydrogens (tertiary/aromatic N) is 3. The zero-order chi connectivity index (χ0) is 23.6. The molecule has 1 unspecified atom stereocenters. The third-order valence-corrected chi connectivity index (χ3v) is 5.62. The second-order valence-corrected chi connectivity index (χ2v) is 9.68. The molecule has 32 heavy (non-hydrogen) atoms. The van der Waals surface area contributed by atoms with Crippen LogP contribution in [0, 0.1) is 16.0 Å². The van der Waals surface area contributed by atoms with Gasteiger partial charge in [0, 0.05) is 54.9 Å². The minimum Gasteiger partial charge on any atom is -0.444 e. The molecule has 1 saturated heterocycles. The molecule has 1 aromatic carbocycles. The third kappa shape index (κ3) is 5.38. The Morgan fingerprint density at radius 2 is 2.06 bits per heavy atom. The zero-order valence-corrected chi connectivity index (χ0v) is 19.4. The van der Waals surface area contributed by atoms with E-state index in [2.05, 4.69) is 4.98 Å². The molecule has 9 heteroatoms. The highest BCUT2D eigenvalue weighted by Gasteiger charge is 2.31. The van der Waals surface area contributed by atoms with Crippen LogP contribution in [0.15, 0.2) is 24.4 Å². The monoisotopic (exact) mass is 444 g/mol. The number of non-ortho nitro benzene ring substituents is 1. The summed E-state index contributed by atoms with van der Waals surface area (Å²) in [4.78, 5) is 43.2. The van der Waals surface area contributed by atoms with Gasteiger partial charge in [0.15, 0.2) is 0 Å². The average Bonchev–Trinajstić information content (AvgIpc) is 3.13. The van der Waals surface area contributed by atoms with Crippen molar-refractivity contribution in [3.05, 3.63) is 40.1 Å². The van der Waals surface area contributed by atoms with Gasteiger partial charge in [-0.2, -0.15) is 0 Å². The summed E-state index contributed by atoms with van der Waals surface area (Å²) < 4.78 is 5.56. The molecule has 0 radical (unpaired) electrons. The lowest BCUT2D eigenvalue weighted by Crippen LogP contribution is -2.48. The number of hydrogen-bond donors (Lipinski definition) is 1. The van der Waals surface area contributed by atoms with E-state index in [4.69, 9.17) is 4.74 Å². The van der Waals surface area contributed by atoms with Crippen LogP contribution in [0.1, 0.15) is 57.8 Å². The Morgan fingerprint density at radius 1 is 1.34 bits per heavy atom. The Bertz CT molecular complexity index is 1010. The van der Waals surface area contributed by atoms with Gasteiger partial charge in [-0.25, -0.2) is 4.79 Å². The van der Waals surface area contributed by atoms with Gasteiger partial charge in [0.1, 0.15) is 5.60 Å². The normalized spacial score (nSPS) is 16.9. The van der Waals surface area contributed by atoms with E-state index in [1.165, 1.54) is 12.1 Å². The second-order valence-electron chi connectivity index (χ2n) is 9.68. The van der Waals surface area contributed by atoms with Crippen molar-refractivity contribution in [2.24, 2.45) is 5.92 Å². The molecule has 1 aliphatic heterocycles. The van der Waals surface area contributed by atoms with E-state index < -0.39 is 10.5 Å². The quantitative estimate of drug-likeness (QED) is 0.536. The number of piperidine rings is 1. The number of hydrogen-bond acceptors (Lipinski definition) is 5. The molecular formula is C23H32N4O5. The van der Waals surface area contributed by atoms with Gasteiger partial charge in [-0.15, -0.1) is 0 Å². The first-order valence-corrected chi connectivity index (χ1v) is 11.0. The fourth-order valence-corrected chi connectivity index (χ4v) is 4.06. The Kier molecular flexibility index (Phi) is 6.76. The summed E-state index contributed by atoms with van der Waals surface area (Å²) in [7, 11) is 0. The Balaban J connectivity index is 1.75. The Labute approximate surface area is 187 Å². The maximum atomic E-state index is 13.3. The number of rotatable bonds is 5. The molecule has 174 valence electrons. The van der Waals surface area contributed by atoms with Gasteiger partial charge in [0.2, 0.25) is 0 Å². The van der Waals surface area contributed by atoms with Crippen molar-refractivity contribution in [2.75, 3.05) is 19.6 Å². The number of fused-ring (bicyclic) bond motifs is 1. The molecular weight excluding hydrogens is 412 g/mol. The molecule has 1 aliphatic rings. The van der Waals surface area contributed by atoms with Crippen molar-refractivity contribution in [1.29, 1.82) is 0 Å². The minimum atomic E-state index is -0.573. The van der Waals surface area contributed by atoms with Crippen molar-refractivity contribution in [1.82, 2.24) is 14.8 Å². The fraction of sp³-hybridized carbons (Fsp3) is 0.565. The first kappa shape index (κ1) is 23.6. The lowest BCUT2D eigenvalue weighted by Gasteiger charge is -2.37. The van der Waals surface area contributed by atoms with E-state index in [-0.39, 0.29) is 29.6 Å². The van der Waals surface area contributed by atoms with Crippen molar-refractivity contribution in [3.8, 4) is 0 Å². The first-order chi connectivity index (χ1) is 15.0. The van der Waals surface area contributed by atoms with Crippen LogP contribution < -0.4 is 0 Å². The highest BCUT2D eigenvalue weighted by Crippen LogP contribution is 2.27. The SMILES string of the molecule is CC(C)N(CC1CCCN(C(=O)c2c[nH]c3ccc([N+](=O)[O-])cc23)C1)C(=O)OC(C)(C)C. The van der Waals surface area contributed by atoms with E-state index >= 15 is 0 Å². The minimum absolute atomic E-state index is 0.0231. The number of amides is 2. The van der Waals surface area contributed by atoms with Gasteiger partial charge in [-0.3, -0.25) is 14.9 Å². The molecule has 2 amide bonds. The summed E-state index contributed by atoms with van der Waals surface area (Å²) in [6.45, 7) is 11.1. The van der Waals surface area contributed by atoms with Gasteiger partial charge in [0.05, 0.1) is 10.5 Å². The molecule has 3 rings (SSSR count). The molecule has 1 atom stereocenters. The molecule has 0 spiro atoms. The molecule has 2 aromatic rings. The summed E-state index contributed by atoms with van der Waals surface area (Å²) in [5.74, 6) is -0.0306. The molecule has 0 saturated carbocycles. The van der Waals surface area contributed by atoms with E-state index in [1.54, 1.807) is 22.1 Å². The summed E-state index contributed by atoms with van der Waals surface area (Å²) >= 11 is 0. The van der Waals surface area contributed by atoms with Crippen LogP contribution in [0.5, 0.6) is 0 Å². The fourth-order valence-electron chi connectivity index (χ4n) is 4.06. The Hall–Kier alpha value is -3.10. The van der Waals surface area contributed by atoms with E-state index in [1.807, 2.05) is 34.6 Å². The molecule has 1 fully saturated rings. The zero-order valence-electron chi connectivity index (χ0n) is 19.4. The largest absolute Gasteiger partial charge is 0.444 e. The molecule has 0 aliphatic carbocycles. The van der Waals surface area contributed by atoms with Gasteiger partial charge >= 0.3 is 6.09 Å². The number of aromatic amines is 1. The van der Waals surface area contributed by atoms with E-state index in [0.717, 1.165) is 12.8 Å². The number of ether oxygens (including phenoxy) is 1. The molecule has 0 bridgehead atoms. The summed E-state index contributed by atoms with van der Waals surface area (Å²) in [5, 5.41) is 11.7. The van der Waals surface area contributed by atoms with Crippen LogP contribution in [-0.4, -0.2) is 63.0 Å². The highest BCUT2D eigenvalue weighted by atomic mass is 16.6. The molecule has 1 aromatic heterocycles. The van der Waals surface area contributed by atoms with Gasteiger partial charge in [-0.1, -0.05) is 0 Å². The smallest absolute Gasteiger partial charge is 0.410 e. The Morgan fingerprint density at radius 3 is 2.69 bits per heavy atom. The van der Waals surface area contributed by atoms with Gasteiger partial charge < -0.3 is 19.5 Å². The number of H-pyrrole nitrogens is 1. The predicted molar refractivity (Wildman–Crippen MR) is 122 cm³/mol. The van der Waals surface area contributed by atoms with E-state index in [9.17, 15) is 19.7 Å². The summed E-state index contributed by atoms with van der Waals surface area (Å²) in [5.41, 5.74) is 0.490. The third-order valence-electron chi connectivity index (χ3n) is 5.62. The predicted octanol–water partition coefficient (Wildman–Crippen LogP) is 4.57. The number of carbonyl (C=O) groups excluding carboxylic acids is 2. The standard InChI is InChI=1S/C23H32N4O5/c1-15(2)26(22(29)32-23(3,4)5)14-16-7-6-10-25(13-16)21(28)19-12-24-20-9-8-17(27(30)31)11-18(19)20/h8-9,11-12,15-16,24H,6-7,10,13-14H2,1-5H3. The number of nitro benzene ring substituents is 1. The number of carbonyl (C=O) groups is 2. The lowest BCUT2D eigenvalue weighted by molar-refractivity contribution is -0.384. The van der Waals surface area contributed by atoms with Crippen LogP contribution in [-0.2, 0) is 4.74 Å². The molecule has 2 heterocycles. The maximum Gasteiger partial charge on any atom is 0.410 e. The second kappa shape index (κ2) is 9.18. The van der Waals surface area contributed by atoms with Crippen LogP contribution >= 0.6 is 0 Å². The van der Waals surface area contributed by atoms with Crippen LogP contribution in [0.3, 0.4) is 0 Å². The van der Waals surface area contributed by atoms with Crippen molar-refractivity contribution in [3.63, 3.8) is 0 Å². The number of nitrogens with one attached hydrogen (secondary N) is 1. The average molecular weight is 445 g/mol. The van der Waals surface area contributed by atoms with Gasteiger partial charge in [0.25, 0.3) is 11.6 Å². The highest BCUT2D eigenvalue weighted by molar-refractivity contribution is 6.07. The van der Waals surface area contributed by atoms with Crippen molar-refractivity contribution < 1.29 is 19.2 Å². The van der Waals surface area contributed by atoms with E-state index in [0.29, 0.717) is 36.1 Å². The summed E-state index contributed by atoms with van der Waals surface area (Å²) in [6, 6.07) is 4.44. The van der Waals surface area contributed by atoms with Gasteiger partial charge in [-0.05, 0) is 59.4 Å². The topological polar surface area (TPSA) is 109 Å². The van der Waals surface area contributed by atoms with Crippen LogP contribution in [0.4, 0.5) is 10.5 Å². The number of nitro groups is 1. The van der Waals surface area contributed by atoms with Crippen molar-refractivity contribution in [2.45, 2.75) is 59.1 Å². The van der Waals surface area contributed by atoms with Crippen molar-refractivity contribution >= 4 is 28.6 Å². The number of aromatic nitrogens is 1. The summed E-state index contributed by atoms with van der Waals surface area (Å²) in [6.07, 6.45) is 3.01. The number of likely N-dealkylation sites (tertiary alicyclic amines) is 1. The number of benzene rings is 1.